The van der Waals surface area contributed by atoms with Crippen LogP contribution in [0.1, 0.15) is 13.8 Å². The Balaban J connectivity index is 2.16. The van der Waals surface area contributed by atoms with Gasteiger partial charge in [-0.25, -0.2) is 4.79 Å². The third-order valence-corrected chi connectivity index (χ3v) is 4.03. The summed E-state index contributed by atoms with van der Waals surface area (Å²) in [6.45, 7) is 3.45. The van der Waals surface area contributed by atoms with Crippen LogP contribution in [0.4, 0.5) is 0 Å². The van der Waals surface area contributed by atoms with E-state index in [1.807, 2.05) is 0 Å². The molecule has 0 radical (unpaired) electrons. The lowest BCUT2D eigenvalue weighted by molar-refractivity contribution is -0.150. The highest BCUT2D eigenvalue weighted by molar-refractivity contribution is 6.30. The first-order chi connectivity index (χ1) is 12.5. The number of fused-ring (bicyclic) bond motifs is 1. The van der Waals surface area contributed by atoms with E-state index in [4.69, 9.17) is 25.5 Å². The number of hydrogen-bond acceptors (Lipinski definition) is 5. The summed E-state index contributed by atoms with van der Waals surface area (Å²) in [5.41, 5.74) is 0.690. The second-order valence-corrected chi connectivity index (χ2v) is 6.04. The van der Waals surface area contributed by atoms with Gasteiger partial charge in [0.1, 0.15) is 5.58 Å². The van der Waals surface area contributed by atoms with Gasteiger partial charge in [0.05, 0.1) is 12.0 Å². The molecule has 0 amide bonds. The number of carbonyl (C=O) groups excluding carboxylic acids is 1. The van der Waals surface area contributed by atoms with Gasteiger partial charge < -0.3 is 13.9 Å². The van der Waals surface area contributed by atoms with Crippen LogP contribution in [-0.2, 0) is 9.53 Å². The number of ether oxygens (including phenoxy) is 2. The highest BCUT2D eigenvalue weighted by atomic mass is 35.5. The molecule has 0 aliphatic heterocycles. The molecule has 2 aromatic carbocycles. The quantitative estimate of drug-likeness (QED) is 0.619. The van der Waals surface area contributed by atoms with E-state index in [-0.39, 0.29) is 23.5 Å². The van der Waals surface area contributed by atoms with Gasteiger partial charge in [-0.15, -0.1) is 0 Å². The van der Waals surface area contributed by atoms with Crippen molar-refractivity contribution in [1.82, 2.24) is 0 Å². The smallest absolute Gasteiger partial charge is 0.347 e. The summed E-state index contributed by atoms with van der Waals surface area (Å²) in [7, 11) is 0. The topological polar surface area (TPSA) is 65.7 Å². The van der Waals surface area contributed by atoms with Crippen molar-refractivity contribution < 1.29 is 18.7 Å². The van der Waals surface area contributed by atoms with E-state index in [9.17, 15) is 9.59 Å². The molecule has 0 aliphatic rings. The normalized spacial score (nSPS) is 12.0. The molecule has 3 rings (SSSR count). The Labute approximate surface area is 155 Å². The van der Waals surface area contributed by atoms with Gasteiger partial charge in [-0.05, 0) is 50.2 Å². The van der Waals surface area contributed by atoms with Gasteiger partial charge >= 0.3 is 5.97 Å². The van der Waals surface area contributed by atoms with Crippen LogP contribution in [0.5, 0.6) is 5.75 Å². The highest BCUT2D eigenvalue weighted by Gasteiger charge is 2.23. The number of carbonyl (C=O) groups is 1. The van der Waals surface area contributed by atoms with Gasteiger partial charge in [0.25, 0.3) is 0 Å². The average Bonchev–Trinajstić information content (AvgIpc) is 2.64. The van der Waals surface area contributed by atoms with E-state index >= 15 is 0 Å². The molecular weight excluding hydrogens is 356 g/mol. The minimum atomic E-state index is -0.954. The van der Waals surface area contributed by atoms with Crippen molar-refractivity contribution in [2.75, 3.05) is 6.61 Å². The van der Waals surface area contributed by atoms with Crippen molar-refractivity contribution in [3.8, 4) is 17.1 Å². The maximum atomic E-state index is 12.9. The average molecular weight is 373 g/mol. The summed E-state index contributed by atoms with van der Waals surface area (Å²) in [5.74, 6) is -0.352. The van der Waals surface area contributed by atoms with Gasteiger partial charge in [-0.3, -0.25) is 4.79 Å². The number of para-hydroxylation sites is 1. The van der Waals surface area contributed by atoms with Crippen LogP contribution in [0.25, 0.3) is 22.3 Å². The Morgan fingerprint density at radius 2 is 1.85 bits per heavy atom. The zero-order valence-electron chi connectivity index (χ0n) is 14.3. The van der Waals surface area contributed by atoms with E-state index in [1.165, 1.54) is 6.92 Å². The maximum absolute atomic E-state index is 12.9. The van der Waals surface area contributed by atoms with Crippen LogP contribution in [0.15, 0.2) is 57.7 Å². The van der Waals surface area contributed by atoms with Crippen LogP contribution < -0.4 is 10.2 Å². The molecule has 0 saturated heterocycles. The largest absolute Gasteiger partial charge is 0.471 e. The van der Waals surface area contributed by atoms with Crippen molar-refractivity contribution in [2.24, 2.45) is 0 Å². The Bertz CT molecular complexity index is 991. The molecule has 0 N–H and O–H groups in total. The number of benzene rings is 2. The third-order valence-electron chi connectivity index (χ3n) is 3.78. The van der Waals surface area contributed by atoms with Crippen molar-refractivity contribution in [3.05, 3.63) is 63.8 Å². The van der Waals surface area contributed by atoms with Crippen LogP contribution >= 0.6 is 11.6 Å². The fraction of sp³-hybridized carbons (Fsp3) is 0.200. The molecule has 3 aromatic rings. The highest BCUT2D eigenvalue weighted by Crippen LogP contribution is 2.32. The van der Waals surface area contributed by atoms with Crippen molar-refractivity contribution in [1.29, 1.82) is 0 Å². The number of hydrogen-bond donors (Lipinski definition) is 0. The monoisotopic (exact) mass is 372 g/mol. The SMILES string of the molecule is CCOC(=O)[C@H](C)Oc1c(-c2ccc(Cl)cc2)oc2ccccc2c1=O. The summed E-state index contributed by atoms with van der Waals surface area (Å²) in [6, 6.07) is 13.7. The summed E-state index contributed by atoms with van der Waals surface area (Å²) in [4.78, 5) is 24.9. The zero-order chi connectivity index (χ0) is 18.7. The lowest BCUT2D eigenvalue weighted by Crippen LogP contribution is -2.28. The predicted molar refractivity (Wildman–Crippen MR) is 99.7 cm³/mol. The molecule has 0 spiro atoms. The number of rotatable bonds is 5. The minimum absolute atomic E-state index is 0.0356. The van der Waals surface area contributed by atoms with Crippen LogP contribution in [-0.4, -0.2) is 18.7 Å². The van der Waals surface area contributed by atoms with Crippen molar-refractivity contribution in [3.63, 3.8) is 0 Å². The molecule has 6 heteroatoms. The maximum Gasteiger partial charge on any atom is 0.347 e. The van der Waals surface area contributed by atoms with Gasteiger partial charge in [-0.1, -0.05) is 23.7 Å². The second kappa shape index (κ2) is 7.62. The van der Waals surface area contributed by atoms with E-state index in [0.29, 0.717) is 21.6 Å². The van der Waals surface area contributed by atoms with E-state index in [0.717, 1.165) is 0 Å². The fourth-order valence-corrected chi connectivity index (χ4v) is 2.63. The molecule has 0 fully saturated rings. The van der Waals surface area contributed by atoms with Gasteiger partial charge in [0.15, 0.2) is 11.9 Å². The third kappa shape index (κ3) is 3.58. The van der Waals surface area contributed by atoms with Gasteiger partial charge in [-0.2, -0.15) is 0 Å². The Morgan fingerprint density at radius 3 is 2.54 bits per heavy atom. The minimum Gasteiger partial charge on any atom is -0.471 e. The van der Waals surface area contributed by atoms with Crippen molar-refractivity contribution in [2.45, 2.75) is 20.0 Å². The summed E-state index contributed by atoms with van der Waals surface area (Å²) >= 11 is 5.94. The molecule has 1 aromatic heterocycles. The summed E-state index contributed by atoms with van der Waals surface area (Å²) < 4.78 is 16.5. The Kier molecular flexibility index (Phi) is 5.28. The van der Waals surface area contributed by atoms with Gasteiger partial charge in [0, 0.05) is 10.6 Å². The van der Waals surface area contributed by atoms with Gasteiger partial charge in [0.2, 0.25) is 11.2 Å². The van der Waals surface area contributed by atoms with Crippen LogP contribution in [0.3, 0.4) is 0 Å². The summed E-state index contributed by atoms with van der Waals surface area (Å²) in [6.07, 6.45) is -0.954. The van der Waals surface area contributed by atoms with Crippen LogP contribution in [0.2, 0.25) is 5.02 Å². The first-order valence-electron chi connectivity index (χ1n) is 8.16. The molecule has 5 nitrogen and oxygen atoms in total. The molecule has 0 unspecified atom stereocenters. The first-order valence-corrected chi connectivity index (χ1v) is 8.54. The predicted octanol–water partition coefficient (Wildman–Crippen LogP) is 4.44. The van der Waals surface area contributed by atoms with Crippen LogP contribution in [0, 0.1) is 0 Å². The lowest BCUT2D eigenvalue weighted by Gasteiger charge is -2.16. The molecule has 0 bridgehead atoms. The molecular formula is C20H17ClO5. The van der Waals surface area contributed by atoms with E-state index in [2.05, 4.69) is 0 Å². The zero-order valence-corrected chi connectivity index (χ0v) is 15.1. The molecule has 134 valence electrons. The number of halogens is 1. The Hall–Kier alpha value is -2.79. The molecule has 0 saturated carbocycles. The van der Waals surface area contributed by atoms with Crippen molar-refractivity contribution >= 4 is 28.5 Å². The molecule has 26 heavy (non-hydrogen) atoms. The Morgan fingerprint density at radius 1 is 1.15 bits per heavy atom. The molecule has 1 atom stereocenters. The second-order valence-electron chi connectivity index (χ2n) is 5.60. The summed E-state index contributed by atoms with van der Waals surface area (Å²) in [5, 5.41) is 0.926. The molecule has 0 aliphatic carbocycles. The standard InChI is InChI=1S/C20H17ClO5/c1-3-24-20(23)12(2)25-19-17(22)15-6-4-5-7-16(15)26-18(19)13-8-10-14(21)11-9-13/h4-12H,3H2,1-2H3/t12-/m0/s1. The van der Waals surface area contributed by atoms with E-state index in [1.54, 1.807) is 55.5 Å². The number of esters is 1. The molecule has 1 heterocycles. The fourth-order valence-electron chi connectivity index (χ4n) is 2.51. The lowest BCUT2D eigenvalue weighted by atomic mass is 10.1. The van der Waals surface area contributed by atoms with E-state index < -0.39 is 12.1 Å². The first kappa shape index (κ1) is 18.0.